The van der Waals surface area contributed by atoms with Gasteiger partial charge in [0, 0.05) is 12.1 Å². The molecule has 0 saturated carbocycles. The number of benzene rings is 2. The van der Waals surface area contributed by atoms with E-state index in [1.165, 1.54) is 18.2 Å². The van der Waals surface area contributed by atoms with Gasteiger partial charge in [0.15, 0.2) is 0 Å². The fraction of sp³-hybridized carbons (Fsp3) is 0.250. The van der Waals surface area contributed by atoms with E-state index in [0.717, 1.165) is 12.1 Å². The molecule has 3 aromatic rings. The predicted octanol–water partition coefficient (Wildman–Crippen LogP) is 6.10. The zero-order valence-corrected chi connectivity index (χ0v) is 17.8. The number of hydrogen-bond donors (Lipinski definition) is 2. The molecule has 3 N–H and O–H groups in total. The second-order valence-corrected chi connectivity index (χ2v) is 7.89. The van der Waals surface area contributed by atoms with E-state index in [1.807, 2.05) is 13.8 Å². The number of nitrogens with one attached hydrogen (secondary N) is 1. The number of primary amides is 1. The minimum atomic E-state index is -4.48. The van der Waals surface area contributed by atoms with Crippen molar-refractivity contribution in [3.63, 3.8) is 0 Å². The van der Waals surface area contributed by atoms with Gasteiger partial charge in [-0.3, -0.25) is 4.79 Å². The van der Waals surface area contributed by atoms with Crippen molar-refractivity contribution < 1.29 is 22.4 Å². The van der Waals surface area contributed by atoms with Gasteiger partial charge in [0.05, 0.1) is 16.8 Å². The minimum absolute atomic E-state index is 0.101. The summed E-state index contributed by atoms with van der Waals surface area (Å²) in [6, 6.07) is 10.8. The number of carbonyl (C=O) groups excluding carboxylic acids is 1. The van der Waals surface area contributed by atoms with Crippen LogP contribution in [0.4, 0.5) is 29.1 Å². The third kappa shape index (κ3) is 5.25. The van der Waals surface area contributed by atoms with Crippen LogP contribution < -0.4 is 11.1 Å². The molecule has 1 amide bonds. The van der Waals surface area contributed by atoms with E-state index in [9.17, 15) is 22.4 Å². The van der Waals surface area contributed by atoms with E-state index < -0.39 is 23.5 Å². The average molecular weight is 445 g/mol. The van der Waals surface area contributed by atoms with Gasteiger partial charge in [0.25, 0.3) is 5.91 Å². The summed E-state index contributed by atoms with van der Waals surface area (Å²) in [6.07, 6.45) is -4.28. The van der Waals surface area contributed by atoms with Gasteiger partial charge in [0.2, 0.25) is 0 Å². The van der Waals surface area contributed by atoms with Crippen LogP contribution in [0.3, 0.4) is 0 Å². The molecular formula is C24H23F4N3O. The highest BCUT2D eigenvalue weighted by Gasteiger charge is 2.31. The van der Waals surface area contributed by atoms with Gasteiger partial charge in [0.1, 0.15) is 11.6 Å². The van der Waals surface area contributed by atoms with E-state index in [-0.39, 0.29) is 23.6 Å². The van der Waals surface area contributed by atoms with Crippen LogP contribution in [0.15, 0.2) is 48.5 Å². The summed E-state index contributed by atoms with van der Waals surface area (Å²) in [5, 5.41) is 2.96. The molecule has 0 fully saturated rings. The van der Waals surface area contributed by atoms with Gasteiger partial charge >= 0.3 is 6.18 Å². The molecule has 4 nitrogen and oxygen atoms in total. The molecule has 0 unspecified atom stereocenters. The Labute approximate surface area is 183 Å². The van der Waals surface area contributed by atoms with Crippen LogP contribution in [0.25, 0.3) is 0 Å². The van der Waals surface area contributed by atoms with E-state index in [2.05, 4.69) is 10.3 Å². The first kappa shape index (κ1) is 23.2. The maximum atomic E-state index is 13.3. The van der Waals surface area contributed by atoms with Crippen molar-refractivity contribution in [2.75, 3.05) is 5.32 Å². The molecule has 0 aliphatic rings. The van der Waals surface area contributed by atoms with Crippen LogP contribution in [0.1, 0.15) is 58.1 Å². The molecule has 2 aromatic carbocycles. The second-order valence-electron chi connectivity index (χ2n) is 7.89. The van der Waals surface area contributed by atoms with Crippen molar-refractivity contribution in [1.29, 1.82) is 0 Å². The Kier molecular flexibility index (Phi) is 6.52. The molecule has 0 aliphatic carbocycles. The number of anilines is 2. The van der Waals surface area contributed by atoms with Crippen molar-refractivity contribution >= 4 is 17.4 Å². The normalized spacial score (nSPS) is 11.6. The molecule has 0 bridgehead atoms. The number of aryl methyl sites for hydroxylation is 1. The highest BCUT2D eigenvalue weighted by Crippen LogP contribution is 2.34. The first-order chi connectivity index (χ1) is 15.0. The predicted molar refractivity (Wildman–Crippen MR) is 116 cm³/mol. The van der Waals surface area contributed by atoms with Crippen molar-refractivity contribution in [3.05, 3.63) is 87.9 Å². The van der Waals surface area contributed by atoms with Crippen LogP contribution in [-0.2, 0) is 12.6 Å². The molecule has 3 rings (SSSR count). The Balaban J connectivity index is 2.10. The number of pyridine rings is 1. The molecule has 168 valence electrons. The third-order valence-corrected chi connectivity index (χ3v) is 5.11. The number of rotatable bonds is 6. The van der Waals surface area contributed by atoms with Gasteiger partial charge in [-0.1, -0.05) is 32.0 Å². The standard InChI is InChI=1S/C24H23F4N3O/c1-13(2)18-12-21(30-19-11-16(24(26,27)28)7-4-14(19)3)31-20(22(18)23(29)32)10-15-5-8-17(25)9-6-15/h4-9,11-13H,10H2,1-3H3,(H2,29,32)(H,30,31). The Morgan fingerprint density at radius 1 is 1.09 bits per heavy atom. The Morgan fingerprint density at radius 2 is 1.75 bits per heavy atom. The van der Waals surface area contributed by atoms with Crippen molar-refractivity contribution in [2.24, 2.45) is 5.73 Å². The van der Waals surface area contributed by atoms with Crippen LogP contribution in [-0.4, -0.2) is 10.9 Å². The summed E-state index contributed by atoms with van der Waals surface area (Å²) in [6.45, 7) is 5.44. The molecule has 0 spiro atoms. The van der Waals surface area contributed by atoms with Crippen LogP contribution in [0.5, 0.6) is 0 Å². The molecule has 0 atom stereocenters. The van der Waals surface area contributed by atoms with Crippen molar-refractivity contribution in [3.8, 4) is 0 Å². The van der Waals surface area contributed by atoms with Gasteiger partial charge in [-0.05, 0) is 59.9 Å². The van der Waals surface area contributed by atoms with Gasteiger partial charge in [-0.15, -0.1) is 0 Å². The first-order valence-electron chi connectivity index (χ1n) is 9.98. The summed E-state index contributed by atoms with van der Waals surface area (Å²) in [5.41, 5.74) is 7.67. The fourth-order valence-corrected chi connectivity index (χ4v) is 3.42. The van der Waals surface area contributed by atoms with Crippen LogP contribution >= 0.6 is 0 Å². The number of nitrogens with zero attached hydrogens (tertiary/aromatic N) is 1. The number of hydrogen-bond acceptors (Lipinski definition) is 3. The molecule has 0 aliphatic heterocycles. The smallest absolute Gasteiger partial charge is 0.366 e. The molecule has 8 heteroatoms. The zero-order valence-electron chi connectivity index (χ0n) is 17.8. The number of alkyl halides is 3. The van der Waals surface area contributed by atoms with Gasteiger partial charge in [-0.2, -0.15) is 13.2 Å². The van der Waals surface area contributed by atoms with E-state index in [4.69, 9.17) is 5.73 Å². The Hall–Kier alpha value is -3.42. The summed E-state index contributed by atoms with van der Waals surface area (Å²) in [4.78, 5) is 16.7. The number of halogens is 4. The lowest BCUT2D eigenvalue weighted by Gasteiger charge is -2.19. The van der Waals surface area contributed by atoms with Crippen LogP contribution in [0, 0.1) is 12.7 Å². The lowest BCUT2D eigenvalue weighted by molar-refractivity contribution is -0.137. The number of nitrogens with two attached hydrogens (primary N) is 1. The maximum Gasteiger partial charge on any atom is 0.416 e. The Bertz CT molecular complexity index is 1140. The second kappa shape index (κ2) is 8.98. The average Bonchev–Trinajstić information content (AvgIpc) is 2.70. The highest BCUT2D eigenvalue weighted by atomic mass is 19.4. The molecule has 0 saturated heterocycles. The summed E-state index contributed by atoms with van der Waals surface area (Å²) < 4.78 is 52.8. The topological polar surface area (TPSA) is 68.0 Å². The first-order valence-corrected chi connectivity index (χ1v) is 9.98. The maximum absolute atomic E-state index is 13.3. The molecule has 0 radical (unpaired) electrons. The highest BCUT2D eigenvalue weighted by molar-refractivity contribution is 5.96. The number of amides is 1. The molecule has 1 heterocycles. The lowest BCUT2D eigenvalue weighted by atomic mass is 9.93. The summed E-state index contributed by atoms with van der Waals surface area (Å²) >= 11 is 0. The summed E-state index contributed by atoms with van der Waals surface area (Å²) in [5.74, 6) is -0.857. The molecular weight excluding hydrogens is 422 g/mol. The third-order valence-electron chi connectivity index (χ3n) is 5.11. The summed E-state index contributed by atoms with van der Waals surface area (Å²) in [7, 11) is 0. The largest absolute Gasteiger partial charge is 0.416 e. The zero-order chi connectivity index (χ0) is 23.6. The van der Waals surface area contributed by atoms with E-state index >= 15 is 0 Å². The van der Waals surface area contributed by atoms with E-state index in [1.54, 1.807) is 25.1 Å². The molecule has 1 aromatic heterocycles. The van der Waals surface area contributed by atoms with Crippen LogP contribution in [0.2, 0.25) is 0 Å². The SMILES string of the molecule is Cc1ccc(C(F)(F)F)cc1Nc1cc(C(C)C)c(C(N)=O)c(Cc2ccc(F)cc2)n1. The monoisotopic (exact) mass is 445 g/mol. The quantitative estimate of drug-likeness (QED) is 0.450. The molecule has 32 heavy (non-hydrogen) atoms. The van der Waals surface area contributed by atoms with E-state index in [0.29, 0.717) is 28.2 Å². The number of aromatic nitrogens is 1. The van der Waals surface area contributed by atoms with Crippen molar-refractivity contribution in [1.82, 2.24) is 4.98 Å². The van der Waals surface area contributed by atoms with Gasteiger partial charge in [-0.25, -0.2) is 9.37 Å². The fourth-order valence-electron chi connectivity index (χ4n) is 3.42. The van der Waals surface area contributed by atoms with Gasteiger partial charge < -0.3 is 11.1 Å². The Morgan fingerprint density at radius 3 is 2.31 bits per heavy atom. The van der Waals surface area contributed by atoms with Crippen molar-refractivity contribution in [2.45, 2.75) is 39.3 Å². The number of carbonyl (C=O) groups is 1. The lowest BCUT2D eigenvalue weighted by Crippen LogP contribution is -2.19. The minimum Gasteiger partial charge on any atom is -0.366 e.